The molecular formula is C25H25FO2. The van der Waals surface area contributed by atoms with Crippen LogP contribution >= 0.6 is 0 Å². The molecule has 144 valence electrons. The third-order valence-corrected chi connectivity index (χ3v) is 4.71. The minimum absolute atomic E-state index is 0.243. The van der Waals surface area contributed by atoms with Crippen molar-refractivity contribution in [2.75, 3.05) is 0 Å². The Morgan fingerprint density at radius 1 is 0.857 bits per heavy atom. The molecule has 0 fully saturated rings. The van der Waals surface area contributed by atoms with Crippen molar-refractivity contribution in [2.24, 2.45) is 0 Å². The lowest BCUT2D eigenvalue weighted by molar-refractivity contribution is 0.182. The van der Waals surface area contributed by atoms with Gasteiger partial charge >= 0.3 is 0 Å². The number of aliphatic hydroxyl groups excluding tert-OH is 1. The second-order valence-electron chi connectivity index (χ2n) is 7.04. The van der Waals surface area contributed by atoms with Gasteiger partial charge in [-0.2, -0.15) is 0 Å². The van der Waals surface area contributed by atoms with Crippen molar-refractivity contribution in [2.45, 2.75) is 32.3 Å². The van der Waals surface area contributed by atoms with Crippen LogP contribution in [0, 0.1) is 5.82 Å². The van der Waals surface area contributed by atoms with E-state index in [0.29, 0.717) is 5.56 Å². The van der Waals surface area contributed by atoms with Crippen LogP contribution in [-0.2, 0) is 0 Å². The van der Waals surface area contributed by atoms with Crippen LogP contribution in [0.2, 0.25) is 0 Å². The van der Waals surface area contributed by atoms with Gasteiger partial charge in [0.1, 0.15) is 11.6 Å². The molecule has 0 spiro atoms. The number of hydrogen-bond acceptors (Lipinski definition) is 2. The maximum absolute atomic E-state index is 14.4. The van der Waals surface area contributed by atoms with Crippen molar-refractivity contribution in [1.82, 2.24) is 0 Å². The zero-order valence-electron chi connectivity index (χ0n) is 16.0. The number of aliphatic hydroxyl groups is 1. The first kappa shape index (κ1) is 19.8. The van der Waals surface area contributed by atoms with Crippen LogP contribution in [0.3, 0.4) is 0 Å². The van der Waals surface area contributed by atoms with Crippen molar-refractivity contribution < 1.29 is 14.6 Å². The van der Waals surface area contributed by atoms with Crippen LogP contribution in [0.1, 0.15) is 31.7 Å². The number of halogens is 1. The smallest absolute Gasteiger partial charge is 0.131 e. The maximum Gasteiger partial charge on any atom is 0.131 e. The van der Waals surface area contributed by atoms with Gasteiger partial charge in [-0.05, 0) is 66.6 Å². The molecule has 1 atom stereocenters. The van der Waals surface area contributed by atoms with Crippen molar-refractivity contribution in [3.05, 3.63) is 84.2 Å². The average molecular weight is 376 g/mol. The molecule has 0 saturated carbocycles. The first-order valence-corrected chi connectivity index (χ1v) is 9.57. The molecule has 0 aliphatic carbocycles. The van der Waals surface area contributed by atoms with E-state index in [-0.39, 0.29) is 17.7 Å². The minimum Gasteiger partial charge on any atom is -0.508 e. The molecule has 28 heavy (non-hydrogen) atoms. The number of phenols is 1. The number of rotatable bonds is 7. The van der Waals surface area contributed by atoms with Crippen LogP contribution in [0.4, 0.5) is 4.39 Å². The van der Waals surface area contributed by atoms with Gasteiger partial charge in [0.2, 0.25) is 0 Å². The van der Waals surface area contributed by atoms with Crippen LogP contribution in [-0.4, -0.2) is 16.3 Å². The fourth-order valence-corrected chi connectivity index (χ4v) is 3.09. The largest absolute Gasteiger partial charge is 0.508 e. The van der Waals surface area contributed by atoms with Gasteiger partial charge in [-0.25, -0.2) is 4.39 Å². The molecular weight excluding hydrogens is 351 g/mol. The fraction of sp³-hybridized carbons (Fsp3) is 0.200. The molecule has 3 aromatic rings. The summed E-state index contributed by atoms with van der Waals surface area (Å²) >= 11 is 0. The molecule has 3 heteroatoms. The second kappa shape index (κ2) is 9.34. The molecule has 0 saturated heterocycles. The highest BCUT2D eigenvalue weighted by Gasteiger charge is 2.05. The van der Waals surface area contributed by atoms with Crippen molar-refractivity contribution in [3.8, 4) is 28.0 Å². The zero-order chi connectivity index (χ0) is 19.9. The van der Waals surface area contributed by atoms with E-state index in [1.165, 1.54) is 0 Å². The Kier molecular flexibility index (Phi) is 6.62. The molecule has 0 heterocycles. The molecule has 1 unspecified atom stereocenters. The van der Waals surface area contributed by atoms with Gasteiger partial charge in [-0.15, -0.1) is 0 Å². The summed E-state index contributed by atoms with van der Waals surface area (Å²) in [5, 5.41) is 18.6. The second-order valence-corrected chi connectivity index (χ2v) is 7.04. The molecule has 0 amide bonds. The molecule has 0 aromatic heterocycles. The van der Waals surface area contributed by atoms with E-state index in [2.05, 4.69) is 0 Å². The Bertz CT molecular complexity index is 926. The summed E-state index contributed by atoms with van der Waals surface area (Å²) in [5.74, 6) is -0.000160. The molecule has 2 nitrogen and oxygen atoms in total. The Hall–Kier alpha value is -2.91. The zero-order valence-corrected chi connectivity index (χ0v) is 16.0. The Morgan fingerprint density at radius 3 is 1.96 bits per heavy atom. The summed E-state index contributed by atoms with van der Waals surface area (Å²) in [7, 11) is 0. The van der Waals surface area contributed by atoms with Gasteiger partial charge in [0.15, 0.2) is 0 Å². The number of unbranched alkanes of at least 4 members (excludes halogenated alkanes) is 1. The number of phenolic OH excluding ortho intramolecular Hbond substituents is 1. The lowest BCUT2D eigenvalue weighted by Gasteiger charge is -2.07. The van der Waals surface area contributed by atoms with Gasteiger partial charge < -0.3 is 10.2 Å². The molecule has 3 aromatic carbocycles. The predicted octanol–water partition coefficient (Wildman–Crippen LogP) is 6.43. The number of allylic oxidation sites excluding steroid dienone is 1. The third-order valence-electron chi connectivity index (χ3n) is 4.71. The highest BCUT2D eigenvalue weighted by Crippen LogP contribution is 2.27. The highest BCUT2D eigenvalue weighted by atomic mass is 19.1. The Morgan fingerprint density at radius 2 is 1.39 bits per heavy atom. The number of benzene rings is 3. The third kappa shape index (κ3) is 5.30. The first-order chi connectivity index (χ1) is 13.5. The lowest BCUT2D eigenvalue weighted by atomic mass is 9.99. The molecule has 0 aliphatic heterocycles. The summed E-state index contributed by atoms with van der Waals surface area (Å²) in [4.78, 5) is 0. The van der Waals surface area contributed by atoms with Gasteiger partial charge in [0.25, 0.3) is 0 Å². The Balaban J connectivity index is 1.69. The number of aromatic hydroxyl groups is 1. The van der Waals surface area contributed by atoms with E-state index in [0.717, 1.165) is 41.5 Å². The van der Waals surface area contributed by atoms with Gasteiger partial charge in [-0.3, -0.25) is 0 Å². The number of hydrogen-bond donors (Lipinski definition) is 2. The van der Waals surface area contributed by atoms with Crippen molar-refractivity contribution in [3.63, 3.8) is 0 Å². The highest BCUT2D eigenvalue weighted by molar-refractivity contribution is 5.71. The van der Waals surface area contributed by atoms with Crippen LogP contribution in [0.5, 0.6) is 5.75 Å². The molecule has 3 rings (SSSR count). The van der Waals surface area contributed by atoms with Gasteiger partial charge in [0.05, 0.1) is 6.10 Å². The van der Waals surface area contributed by atoms with E-state index in [4.69, 9.17) is 0 Å². The summed E-state index contributed by atoms with van der Waals surface area (Å²) in [5.41, 5.74) is 4.42. The summed E-state index contributed by atoms with van der Waals surface area (Å²) in [6, 6.07) is 20.3. The summed E-state index contributed by atoms with van der Waals surface area (Å²) in [6.45, 7) is 1.78. The normalized spacial score (nSPS) is 12.4. The summed E-state index contributed by atoms with van der Waals surface area (Å²) in [6.07, 6.45) is 5.93. The van der Waals surface area contributed by atoms with E-state index in [9.17, 15) is 14.6 Å². The quantitative estimate of drug-likeness (QED) is 0.467. The fourth-order valence-electron chi connectivity index (χ4n) is 3.09. The predicted molar refractivity (Wildman–Crippen MR) is 114 cm³/mol. The van der Waals surface area contributed by atoms with E-state index in [1.807, 2.05) is 48.5 Å². The van der Waals surface area contributed by atoms with Gasteiger partial charge in [-0.1, -0.05) is 60.7 Å². The summed E-state index contributed by atoms with van der Waals surface area (Å²) < 4.78 is 14.4. The topological polar surface area (TPSA) is 40.5 Å². The van der Waals surface area contributed by atoms with Gasteiger partial charge in [0, 0.05) is 5.56 Å². The molecule has 2 N–H and O–H groups in total. The SMILES string of the molecule is CC(O)CCC/C=C/c1ccc(-c2ccc(-c3ccc(O)cc3)cc2)cc1F. The van der Waals surface area contributed by atoms with Crippen LogP contribution in [0.15, 0.2) is 72.8 Å². The lowest BCUT2D eigenvalue weighted by Crippen LogP contribution is -1.97. The molecule has 0 radical (unpaired) electrons. The minimum atomic E-state index is -0.287. The Labute approximate surface area is 165 Å². The van der Waals surface area contributed by atoms with Crippen molar-refractivity contribution in [1.29, 1.82) is 0 Å². The molecule has 0 bridgehead atoms. The maximum atomic E-state index is 14.4. The van der Waals surface area contributed by atoms with Crippen LogP contribution in [0.25, 0.3) is 28.3 Å². The van der Waals surface area contributed by atoms with Crippen LogP contribution < -0.4 is 0 Å². The van der Waals surface area contributed by atoms with E-state index < -0.39 is 0 Å². The molecule has 0 aliphatic rings. The standard InChI is InChI=1S/C25H25FO2/c1-18(27)5-3-2-4-6-22-11-12-23(17-25(22)26)21-9-7-19(8-10-21)20-13-15-24(28)16-14-20/h4,6-18,27-28H,2-3,5H2,1H3/b6-4+. The monoisotopic (exact) mass is 376 g/mol. The van der Waals surface area contributed by atoms with E-state index >= 15 is 0 Å². The van der Waals surface area contributed by atoms with E-state index in [1.54, 1.807) is 37.3 Å². The first-order valence-electron chi connectivity index (χ1n) is 9.57. The average Bonchev–Trinajstić information content (AvgIpc) is 2.69. The van der Waals surface area contributed by atoms with Crippen molar-refractivity contribution >= 4 is 6.08 Å².